The third kappa shape index (κ3) is 7.42. The zero-order valence-corrected chi connectivity index (χ0v) is 20.9. The third-order valence-electron chi connectivity index (χ3n) is 5.48. The molecule has 2 aromatic carbocycles. The predicted molar refractivity (Wildman–Crippen MR) is 133 cm³/mol. The van der Waals surface area contributed by atoms with Crippen LogP contribution in [0.1, 0.15) is 42.6 Å². The first-order valence-electron chi connectivity index (χ1n) is 11.3. The Balaban J connectivity index is 1.73. The second-order valence-corrected chi connectivity index (χ2v) is 10.2. The van der Waals surface area contributed by atoms with E-state index in [4.69, 9.17) is 0 Å². The van der Waals surface area contributed by atoms with Gasteiger partial charge in [0.05, 0.1) is 10.8 Å². The average Bonchev–Trinajstić information content (AvgIpc) is 3.30. The van der Waals surface area contributed by atoms with Crippen LogP contribution in [0.15, 0.2) is 54.7 Å². The first-order chi connectivity index (χ1) is 16.9. The van der Waals surface area contributed by atoms with E-state index < -0.39 is 35.3 Å². The number of aromatic nitrogens is 1. The number of halogens is 2. The molecule has 1 aromatic heterocycles. The topological polar surface area (TPSA) is 108 Å². The fourth-order valence-electron chi connectivity index (χ4n) is 3.61. The summed E-state index contributed by atoms with van der Waals surface area (Å²) in [7, 11) is 0. The Kier molecular flexibility index (Phi) is 8.52. The van der Waals surface area contributed by atoms with E-state index in [1.807, 2.05) is 0 Å². The predicted octanol–water partition coefficient (Wildman–Crippen LogP) is 4.44. The smallest absolute Gasteiger partial charge is 0.306 e. The van der Waals surface area contributed by atoms with E-state index in [0.29, 0.717) is 16.9 Å². The van der Waals surface area contributed by atoms with Crippen LogP contribution in [0.25, 0.3) is 10.4 Å². The number of carboxylic acid groups (broad SMARTS) is 1. The van der Waals surface area contributed by atoms with Crippen molar-refractivity contribution in [2.45, 2.75) is 45.2 Å². The standard InChI is InChI=1S/C26H27F2N3O4S/c1-15(25(34)35)12-20(22(32)31-26(2,3)13-16-4-8-18(27)9-5-16)30-23(33)24-29-14-21(36-24)17-6-10-19(28)11-7-17/h4-11,14-15,20H,12-13H2,1-3H3,(H,30,33)(H,31,32)(H,34,35). The largest absolute Gasteiger partial charge is 0.481 e. The van der Waals surface area contributed by atoms with E-state index >= 15 is 0 Å². The van der Waals surface area contributed by atoms with Crippen molar-refractivity contribution in [1.29, 1.82) is 0 Å². The minimum absolute atomic E-state index is 0.0840. The van der Waals surface area contributed by atoms with E-state index in [9.17, 15) is 28.3 Å². The molecule has 0 aliphatic heterocycles. The molecule has 2 amide bonds. The van der Waals surface area contributed by atoms with E-state index in [-0.39, 0.29) is 23.1 Å². The van der Waals surface area contributed by atoms with Crippen LogP contribution in [0, 0.1) is 17.6 Å². The van der Waals surface area contributed by atoms with Gasteiger partial charge in [-0.3, -0.25) is 14.4 Å². The molecule has 0 fully saturated rings. The van der Waals surface area contributed by atoms with Crippen LogP contribution >= 0.6 is 11.3 Å². The lowest BCUT2D eigenvalue weighted by molar-refractivity contribution is -0.141. The van der Waals surface area contributed by atoms with Gasteiger partial charge in [-0.2, -0.15) is 0 Å². The van der Waals surface area contributed by atoms with Gasteiger partial charge in [0.15, 0.2) is 5.01 Å². The van der Waals surface area contributed by atoms with E-state index in [1.165, 1.54) is 37.4 Å². The van der Waals surface area contributed by atoms with Gasteiger partial charge in [0, 0.05) is 11.7 Å². The summed E-state index contributed by atoms with van der Waals surface area (Å²) in [5, 5.41) is 14.9. The normalized spacial score (nSPS) is 13.0. The fourth-order valence-corrected chi connectivity index (χ4v) is 4.43. The number of carboxylic acids is 1. The summed E-state index contributed by atoms with van der Waals surface area (Å²) in [5.41, 5.74) is 0.725. The first-order valence-corrected chi connectivity index (χ1v) is 12.1. The molecular weight excluding hydrogens is 488 g/mol. The highest BCUT2D eigenvalue weighted by molar-refractivity contribution is 7.17. The summed E-state index contributed by atoms with van der Waals surface area (Å²) in [6, 6.07) is 10.5. The number of rotatable bonds is 10. The third-order valence-corrected chi connectivity index (χ3v) is 6.53. The highest BCUT2D eigenvalue weighted by Gasteiger charge is 2.31. The van der Waals surface area contributed by atoms with E-state index in [1.54, 1.807) is 38.1 Å². The summed E-state index contributed by atoms with van der Waals surface area (Å²) in [5.74, 6) is -3.91. The summed E-state index contributed by atoms with van der Waals surface area (Å²) in [6.07, 6.45) is 1.74. The Labute approximate surface area is 211 Å². The fraction of sp³-hybridized carbons (Fsp3) is 0.308. The average molecular weight is 516 g/mol. The maximum Gasteiger partial charge on any atom is 0.306 e. The number of nitrogens with one attached hydrogen (secondary N) is 2. The van der Waals surface area contributed by atoms with Crippen molar-refractivity contribution in [3.8, 4) is 10.4 Å². The van der Waals surface area contributed by atoms with Crippen LogP contribution in [0.2, 0.25) is 0 Å². The molecule has 0 radical (unpaired) electrons. The van der Waals surface area contributed by atoms with Crippen LogP contribution in [0.5, 0.6) is 0 Å². The summed E-state index contributed by atoms with van der Waals surface area (Å²) in [4.78, 5) is 42.3. The van der Waals surface area contributed by atoms with Crippen LogP contribution in [0.4, 0.5) is 8.78 Å². The SMILES string of the molecule is CC(CC(NC(=O)c1ncc(-c2ccc(F)cc2)s1)C(=O)NC(C)(C)Cc1ccc(F)cc1)C(=O)O. The molecule has 2 unspecified atom stereocenters. The van der Waals surface area contributed by atoms with Crippen molar-refractivity contribution in [2.24, 2.45) is 5.92 Å². The molecule has 0 aliphatic rings. The van der Waals surface area contributed by atoms with Crippen molar-refractivity contribution < 1.29 is 28.3 Å². The molecule has 0 spiro atoms. The lowest BCUT2D eigenvalue weighted by atomic mass is 9.93. The lowest BCUT2D eigenvalue weighted by Crippen LogP contribution is -2.54. The number of benzene rings is 2. The van der Waals surface area contributed by atoms with Gasteiger partial charge in [-0.25, -0.2) is 13.8 Å². The van der Waals surface area contributed by atoms with E-state index in [2.05, 4.69) is 15.6 Å². The number of hydrogen-bond acceptors (Lipinski definition) is 5. The molecule has 2 atom stereocenters. The molecule has 3 rings (SSSR count). The van der Waals surface area contributed by atoms with E-state index in [0.717, 1.165) is 16.9 Å². The molecule has 10 heteroatoms. The quantitative estimate of drug-likeness (QED) is 0.370. The van der Waals surface area contributed by atoms with Gasteiger partial charge in [0.25, 0.3) is 5.91 Å². The van der Waals surface area contributed by atoms with Gasteiger partial charge in [-0.1, -0.05) is 31.2 Å². The molecular formula is C26H27F2N3O4S. The van der Waals surface area contributed by atoms with Crippen molar-refractivity contribution in [1.82, 2.24) is 15.6 Å². The molecule has 0 saturated carbocycles. The summed E-state index contributed by atoms with van der Waals surface area (Å²) >= 11 is 1.07. The Morgan fingerprint density at radius 1 is 1.03 bits per heavy atom. The van der Waals surface area contributed by atoms with Crippen molar-refractivity contribution in [3.05, 3.63) is 76.9 Å². The Hall–Kier alpha value is -3.66. The number of nitrogens with zero attached hydrogens (tertiary/aromatic N) is 1. The molecule has 3 N–H and O–H groups in total. The highest BCUT2D eigenvalue weighted by Crippen LogP contribution is 2.26. The molecule has 36 heavy (non-hydrogen) atoms. The number of carbonyl (C=O) groups is 3. The van der Waals surface area contributed by atoms with Gasteiger partial charge in [0.2, 0.25) is 5.91 Å². The molecule has 7 nitrogen and oxygen atoms in total. The number of amides is 2. The van der Waals surface area contributed by atoms with Gasteiger partial charge >= 0.3 is 5.97 Å². The second-order valence-electron chi connectivity index (χ2n) is 9.21. The lowest BCUT2D eigenvalue weighted by Gasteiger charge is -2.30. The molecule has 0 saturated heterocycles. The van der Waals surface area contributed by atoms with Crippen molar-refractivity contribution >= 4 is 29.1 Å². The van der Waals surface area contributed by atoms with Gasteiger partial charge in [-0.15, -0.1) is 11.3 Å². The Bertz CT molecular complexity index is 1230. The van der Waals surface area contributed by atoms with Crippen molar-refractivity contribution in [2.75, 3.05) is 0 Å². The molecule has 0 bridgehead atoms. The highest BCUT2D eigenvalue weighted by atomic mass is 32.1. The molecule has 190 valence electrons. The second kappa shape index (κ2) is 11.4. The maximum atomic E-state index is 13.2. The summed E-state index contributed by atoms with van der Waals surface area (Å²) < 4.78 is 26.4. The molecule has 0 aliphatic carbocycles. The van der Waals surface area contributed by atoms with Crippen LogP contribution < -0.4 is 10.6 Å². The number of hydrogen-bond donors (Lipinski definition) is 3. The first kappa shape index (κ1) is 26.9. The zero-order chi connectivity index (χ0) is 26.5. The molecule has 3 aromatic rings. The van der Waals surface area contributed by atoms with Gasteiger partial charge < -0.3 is 15.7 Å². The minimum Gasteiger partial charge on any atom is -0.481 e. The van der Waals surface area contributed by atoms with Crippen LogP contribution in [-0.2, 0) is 16.0 Å². The van der Waals surface area contributed by atoms with Crippen LogP contribution in [-0.4, -0.2) is 39.5 Å². The Morgan fingerprint density at radius 3 is 2.19 bits per heavy atom. The van der Waals surface area contributed by atoms with Gasteiger partial charge in [-0.05, 0) is 62.1 Å². The van der Waals surface area contributed by atoms with Crippen molar-refractivity contribution in [3.63, 3.8) is 0 Å². The van der Waals surface area contributed by atoms with Crippen LogP contribution in [0.3, 0.4) is 0 Å². The monoisotopic (exact) mass is 515 g/mol. The number of carbonyl (C=O) groups excluding carboxylic acids is 2. The number of aliphatic carboxylic acids is 1. The Morgan fingerprint density at radius 2 is 1.61 bits per heavy atom. The van der Waals surface area contributed by atoms with Gasteiger partial charge in [0.1, 0.15) is 17.7 Å². The number of thiazole rings is 1. The molecule has 1 heterocycles. The minimum atomic E-state index is -1.13. The summed E-state index contributed by atoms with van der Waals surface area (Å²) in [6.45, 7) is 5.02. The zero-order valence-electron chi connectivity index (χ0n) is 20.0. The maximum absolute atomic E-state index is 13.2.